The summed E-state index contributed by atoms with van der Waals surface area (Å²) in [4.78, 5) is 14.1. The number of nitrogens with one attached hydrogen (secondary N) is 2. The maximum absolute atomic E-state index is 12.1. The topological polar surface area (TPSA) is 64.6 Å². The third-order valence-electron chi connectivity index (χ3n) is 4.59. The molecule has 5 heteroatoms. The van der Waals surface area contributed by atoms with Crippen molar-refractivity contribution < 1.29 is 9.90 Å². The second-order valence-electron chi connectivity index (χ2n) is 6.84. The molecule has 1 aliphatic carbocycles. The largest absolute Gasteiger partial charge is 0.388 e. The van der Waals surface area contributed by atoms with Crippen molar-refractivity contribution in [1.82, 2.24) is 5.32 Å². The number of carbonyl (C=O) groups excluding carboxylic acids is 1. The Balaban J connectivity index is 1.89. The van der Waals surface area contributed by atoms with E-state index in [4.69, 9.17) is 0 Å². The maximum Gasteiger partial charge on any atom is 0.319 e. The molecule has 23 heavy (non-hydrogen) atoms. The molecular formula is C18H29N3O2. The third kappa shape index (κ3) is 5.13. The first-order valence-electron chi connectivity index (χ1n) is 8.45. The molecule has 0 saturated heterocycles. The van der Waals surface area contributed by atoms with Crippen molar-refractivity contribution >= 4 is 17.4 Å². The Morgan fingerprint density at radius 2 is 1.87 bits per heavy atom. The number of amides is 2. The molecule has 5 nitrogen and oxygen atoms in total. The molecule has 3 N–H and O–H groups in total. The van der Waals surface area contributed by atoms with E-state index in [0.29, 0.717) is 6.54 Å². The van der Waals surface area contributed by atoms with Crippen LogP contribution in [-0.4, -0.2) is 37.4 Å². The van der Waals surface area contributed by atoms with Gasteiger partial charge in [-0.15, -0.1) is 0 Å². The molecule has 0 unspecified atom stereocenters. The average Bonchev–Trinajstić information content (AvgIpc) is 2.72. The van der Waals surface area contributed by atoms with Gasteiger partial charge in [-0.05, 0) is 43.5 Å². The number of carbonyl (C=O) groups is 1. The average molecular weight is 319 g/mol. The van der Waals surface area contributed by atoms with Gasteiger partial charge in [0.2, 0.25) is 0 Å². The standard InChI is InChI=1S/C18H29N3O2/c1-14-12-15(21(2)3)8-9-16(14)20-17(22)19-13-18(23)10-6-4-5-7-11-18/h8-9,12,23H,4-7,10-11,13H2,1-3H3,(H2,19,20,22). The molecule has 0 spiro atoms. The Morgan fingerprint density at radius 1 is 1.22 bits per heavy atom. The number of hydrogen-bond acceptors (Lipinski definition) is 3. The molecule has 0 aromatic heterocycles. The van der Waals surface area contributed by atoms with Gasteiger partial charge < -0.3 is 20.6 Å². The summed E-state index contributed by atoms with van der Waals surface area (Å²) < 4.78 is 0. The van der Waals surface area contributed by atoms with Gasteiger partial charge in [-0.1, -0.05) is 25.7 Å². The summed E-state index contributed by atoms with van der Waals surface area (Å²) in [6, 6.07) is 5.66. The predicted octanol–water partition coefficient (Wildman–Crippen LogP) is 3.27. The van der Waals surface area contributed by atoms with E-state index in [2.05, 4.69) is 10.6 Å². The molecule has 0 bridgehead atoms. The van der Waals surface area contributed by atoms with Crippen LogP contribution in [0.3, 0.4) is 0 Å². The molecule has 128 valence electrons. The lowest BCUT2D eigenvalue weighted by molar-refractivity contribution is 0.0281. The first-order chi connectivity index (χ1) is 10.9. The van der Waals surface area contributed by atoms with Gasteiger partial charge in [0, 0.05) is 32.0 Å². The van der Waals surface area contributed by atoms with Gasteiger partial charge >= 0.3 is 6.03 Å². The molecule has 2 amide bonds. The molecule has 1 aromatic rings. The van der Waals surface area contributed by atoms with Crippen LogP contribution in [0.25, 0.3) is 0 Å². The molecule has 2 rings (SSSR count). The zero-order valence-corrected chi connectivity index (χ0v) is 14.5. The van der Waals surface area contributed by atoms with E-state index in [1.165, 1.54) is 12.8 Å². The maximum atomic E-state index is 12.1. The van der Waals surface area contributed by atoms with Crippen LogP contribution < -0.4 is 15.5 Å². The number of aliphatic hydroxyl groups is 1. The van der Waals surface area contributed by atoms with E-state index in [-0.39, 0.29) is 6.03 Å². The van der Waals surface area contributed by atoms with Crippen LogP contribution in [0.15, 0.2) is 18.2 Å². The van der Waals surface area contributed by atoms with Gasteiger partial charge in [-0.25, -0.2) is 4.79 Å². The van der Waals surface area contributed by atoms with Gasteiger partial charge in [-0.3, -0.25) is 0 Å². The summed E-state index contributed by atoms with van der Waals surface area (Å²) in [7, 11) is 3.98. The van der Waals surface area contributed by atoms with E-state index < -0.39 is 5.60 Å². The Morgan fingerprint density at radius 3 is 2.43 bits per heavy atom. The molecule has 1 fully saturated rings. The van der Waals surface area contributed by atoms with Crippen molar-refractivity contribution in [2.45, 2.75) is 51.0 Å². The summed E-state index contributed by atoms with van der Waals surface area (Å²) in [6.45, 7) is 2.29. The first kappa shape index (κ1) is 17.6. The van der Waals surface area contributed by atoms with Crippen LogP contribution in [0.2, 0.25) is 0 Å². The van der Waals surface area contributed by atoms with Gasteiger partial charge in [0.05, 0.1) is 5.60 Å². The minimum Gasteiger partial charge on any atom is -0.388 e. The molecule has 1 saturated carbocycles. The van der Waals surface area contributed by atoms with Gasteiger partial charge in [0.15, 0.2) is 0 Å². The van der Waals surface area contributed by atoms with E-state index in [9.17, 15) is 9.90 Å². The fraction of sp³-hybridized carbons (Fsp3) is 0.611. The van der Waals surface area contributed by atoms with Crippen LogP contribution >= 0.6 is 0 Å². The predicted molar refractivity (Wildman–Crippen MR) is 95.2 cm³/mol. The van der Waals surface area contributed by atoms with Crippen LogP contribution in [0.1, 0.15) is 44.1 Å². The van der Waals surface area contributed by atoms with Crippen LogP contribution in [0.5, 0.6) is 0 Å². The monoisotopic (exact) mass is 319 g/mol. The zero-order chi connectivity index (χ0) is 16.9. The number of benzene rings is 1. The summed E-state index contributed by atoms with van der Waals surface area (Å²) in [5.74, 6) is 0. The Bertz CT molecular complexity index is 535. The van der Waals surface area contributed by atoms with E-state index >= 15 is 0 Å². The Kier molecular flexibility index (Phi) is 5.88. The number of anilines is 2. The van der Waals surface area contributed by atoms with Gasteiger partial charge in [-0.2, -0.15) is 0 Å². The normalized spacial score (nSPS) is 17.2. The lowest BCUT2D eigenvalue weighted by Crippen LogP contribution is -2.44. The molecular weight excluding hydrogens is 290 g/mol. The quantitative estimate of drug-likeness (QED) is 0.746. The first-order valence-corrected chi connectivity index (χ1v) is 8.45. The highest BCUT2D eigenvalue weighted by Crippen LogP contribution is 2.26. The van der Waals surface area contributed by atoms with Crippen molar-refractivity contribution in [3.63, 3.8) is 0 Å². The number of nitrogens with zero attached hydrogens (tertiary/aromatic N) is 1. The highest BCUT2D eigenvalue weighted by molar-refractivity contribution is 5.90. The van der Waals surface area contributed by atoms with Crippen LogP contribution in [0.4, 0.5) is 16.2 Å². The van der Waals surface area contributed by atoms with Crippen molar-refractivity contribution in [2.75, 3.05) is 30.9 Å². The van der Waals surface area contributed by atoms with Gasteiger partial charge in [0.25, 0.3) is 0 Å². The molecule has 1 aromatic carbocycles. The van der Waals surface area contributed by atoms with Crippen LogP contribution in [-0.2, 0) is 0 Å². The fourth-order valence-corrected chi connectivity index (χ4v) is 3.04. The van der Waals surface area contributed by atoms with Crippen LogP contribution in [0, 0.1) is 6.92 Å². The molecule has 0 radical (unpaired) electrons. The Hall–Kier alpha value is -1.75. The summed E-state index contributed by atoms with van der Waals surface area (Å²) >= 11 is 0. The molecule has 1 aliphatic rings. The SMILES string of the molecule is Cc1cc(N(C)C)ccc1NC(=O)NCC1(O)CCCCCC1. The van der Waals surface area contributed by atoms with E-state index in [0.717, 1.165) is 42.6 Å². The number of urea groups is 1. The fourth-order valence-electron chi connectivity index (χ4n) is 3.04. The number of hydrogen-bond donors (Lipinski definition) is 3. The summed E-state index contributed by atoms with van der Waals surface area (Å²) in [5.41, 5.74) is 2.15. The second kappa shape index (κ2) is 7.68. The highest BCUT2D eigenvalue weighted by Gasteiger charge is 2.28. The Labute approximate surface area is 139 Å². The van der Waals surface area contributed by atoms with Crippen molar-refractivity contribution in [3.8, 4) is 0 Å². The lowest BCUT2D eigenvalue weighted by Gasteiger charge is -2.27. The van der Waals surface area contributed by atoms with Crippen molar-refractivity contribution in [2.24, 2.45) is 0 Å². The van der Waals surface area contributed by atoms with E-state index in [1.807, 2.05) is 44.1 Å². The lowest BCUT2D eigenvalue weighted by atomic mass is 9.95. The third-order valence-corrected chi connectivity index (χ3v) is 4.59. The minimum atomic E-state index is -0.752. The second-order valence-corrected chi connectivity index (χ2v) is 6.84. The summed E-state index contributed by atoms with van der Waals surface area (Å²) in [6.07, 6.45) is 5.95. The minimum absolute atomic E-state index is 0.261. The molecule has 0 atom stereocenters. The van der Waals surface area contributed by atoms with Crippen molar-refractivity contribution in [3.05, 3.63) is 23.8 Å². The zero-order valence-electron chi connectivity index (χ0n) is 14.5. The molecule has 0 heterocycles. The summed E-state index contributed by atoms with van der Waals surface area (Å²) in [5, 5.41) is 16.3. The van der Waals surface area contributed by atoms with Gasteiger partial charge in [0.1, 0.15) is 0 Å². The smallest absolute Gasteiger partial charge is 0.319 e. The highest BCUT2D eigenvalue weighted by atomic mass is 16.3. The molecule has 0 aliphatic heterocycles. The van der Waals surface area contributed by atoms with E-state index in [1.54, 1.807) is 0 Å². The number of rotatable bonds is 4. The van der Waals surface area contributed by atoms with Crippen molar-refractivity contribution in [1.29, 1.82) is 0 Å². The number of aryl methyl sites for hydroxylation is 1.